The fourth-order valence-corrected chi connectivity index (χ4v) is 3.60. The minimum absolute atomic E-state index is 0.210. The van der Waals surface area contributed by atoms with Crippen molar-refractivity contribution in [2.24, 2.45) is 0 Å². The minimum atomic E-state index is -2.85. The van der Waals surface area contributed by atoms with Crippen molar-refractivity contribution in [3.05, 3.63) is 28.8 Å². The van der Waals surface area contributed by atoms with Crippen LogP contribution in [0.15, 0.2) is 18.2 Å². The van der Waals surface area contributed by atoms with Crippen molar-refractivity contribution in [2.75, 3.05) is 36.5 Å². The molecule has 1 aliphatic heterocycles. The van der Waals surface area contributed by atoms with E-state index in [2.05, 4.69) is 5.32 Å². The van der Waals surface area contributed by atoms with Gasteiger partial charge in [0.2, 0.25) is 0 Å². The summed E-state index contributed by atoms with van der Waals surface area (Å²) >= 11 is 6.25. The molecule has 0 bridgehead atoms. The molecule has 1 N–H and O–H groups in total. The molecule has 0 atom stereocenters. The number of nitrogens with zero attached hydrogens (tertiary/aromatic N) is 1. The van der Waals surface area contributed by atoms with Crippen molar-refractivity contribution in [1.29, 1.82) is 0 Å². The predicted octanol–water partition coefficient (Wildman–Crippen LogP) is 1.29. The van der Waals surface area contributed by atoms with Crippen LogP contribution in [0, 0.1) is 0 Å². The van der Waals surface area contributed by atoms with E-state index in [1.54, 1.807) is 0 Å². The molecule has 4 nitrogen and oxygen atoms in total. The van der Waals surface area contributed by atoms with Crippen molar-refractivity contribution >= 4 is 27.1 Å². The van der Waals surface area contributed by atoms with Crippen LogP contribution in [-0.4, -0.2) is 40.1 Å². The van der Waals surface area contributed by atoms with Crippen LogP contribution in [0.4, 0.5) is 5.69 Å². The predicted molar refractivity (Wildman–Crippen MR) is 75.1 cm³/mol. The smallest absolute Gasteiger partial charge is 0.153 e. The van der Waals surface area contributed by atoms with E-state index in [4.69, 9.17) is 11.6 Å². The lowest BCUT2D eigenvalue weighted by molar-refractivity contribution is 0.587. The third kappa shape index (κ3) is 3.16. The fraction of sp³-hybridized carbons (Fsp3) is 0.500. The van der Waals surface area contributed by atoms with Crippen LogP contribution in [0.1, 0.15) is 5.56 Å². The van der Waals surface area contributed by atoms with Crippen LogP contribution in [0.3, 0.4) is 0 Å². The summed E-state index contributed by atoms with van der Waals surface area (Å²) in [5.41, 5.74) is 2.04. The standard InChI is InChI=1S/C12H17ClN2O2S/c1-14-9-10-2-3-12(11(13)8-10)15-4-6-18(16,17)7-5-15/h2-3,8,14H,4-7,9H2,1H3. The molecule has 0 radical (unpaired) electrons. The van der Waals surface area contributed by atoms with Crippen LogP contribution in [-0.2, 0) is 16.4 Å². The fourth-order valence-electron chi connectivity index (χ4n) is 2.07. The summed E-state index contributed by atoms with van der Waals surface area (Å²) < 4.78 is 22.8. The molecule has 0 aliphatic carbocycles. The normalized spacial score (nSPS) is 18.9. The largest absolute Gasteiger partial charge is 0.368 e. The van der Waals surface area contributed by atoms with Gasteiger partial charge in [-0.2, -0.15) is 0 Å². The molecule has 2 rings (SSSR count). The molecule has 0 amide bonds. The number of halogens is 1. The first-order chi connectivity index (χ1) is 8.52. The highest BCUT2D eigenvalue weighted by molar-refractivity contribution is 7.91. The summed E-state index contributed by atoms with van der Waals surface area (Å²) in [4.78, 5) is 2.03. The Balaban J connectivity index is 2.14. The third-order valence-electron chi connectivity index (χ3n) is 3.08. The van der Waals surface area contributed by atoms with E-state index in [1.807, 2.05) is 30.1 Å². The summed E-state index contributed by atoms with van der Waals surface area (Å²) in [6, 6.07) is 5.91. The van der Waals surface area contributed by atoms with E-state index in [9.17, 15) is 8.42 Å². The summed E-state index contributed by atoms with van der Waals surface area (Å²) in [6.45, 7) is 1.81. The van der Waals surface area contributed by atoms with Gasteiger partial charge >= 0.3 is 0 Å². The molecule has 1 aliphatic rings. The van der Waals surface area contributed by atoms with Gasteiger partial charge in [-0.25, -0.2) is 8.42 Å². The molecular formula is C12H17ClN2O2S. The third-order valence-corrected chi connectivity index (χ3v) is 4.99. The molecule has 0 saturated carbocycles. The molecular weight excluding hydrogens is 272 g/mol. The van der Waals surface area contributed by atoms with E-state index in [0.29, 0.717) is 18.1 Å². The molecule has 100 valence electrons. The Hall–Kier alpha value is -0.780. The SMILES string of the molecule is CNCc1ccc(N2CCS(=O)(=O)CC2)c(Cl)c1. The van der Waals surface area contributed by atoms with Gasteiger partial charge in [-0.3, -0.25) is 0 Å². The van der Waals surface area contributed by atoms with Gasteiger partial charge < -0.3 is 10.2 Å². The highest BCUT2D eigenvalue weighted by Gasteiger charge is 2.22. The molecule has 0 spiro atoms. The number of nitrogens with one attached hydrogen (secondary N) is 1. The van der Waals surface area contributed by atoms with Crippen molar-refractivity contribution in [1.82, 2.24) is 5.32 Å². The van der Waals surface area contributed by atoms with Gasteiger partial charge in [0.15, 0.2) is 9.84 Å². The molecule has 18 heavy (non-hydrogen) atoms. The van der Waals surface area contributed by atoms with E-state index in [1.165, 1.54) is 0 Å². The van der Waals surface area contributed by atoms with E-state index < -0.39 is 9.84 Å². The molecule has 1 saturated heterocycles. The number of hydrogen-bond donors (Lipinski definition) is 1. The Labute approximate surface area is 113 Å². The van der Waals surface area contributed by atoms with E-state index >= 15 is 0 Å². The van der Waals surface area contributed by atoms with Gasteiger partial charge in [-0.05, 0) is 24.7 Å². The number of anilines is 1. The molecule has 0 unspecified atom stereocenters. The average molecular weight is 289 g/mol. The van der Waals surface area contributed by atoms with Gasteiger partial charge in [-0.15, -0.1) is 0 Å². The topological polar surface area (TPSA) is 49.4 Å². The van der Waals surface area contributed by atoms with Gasteiger partial charge in [0.25, 0.3) is 0 Å². The first-order valence-corrected chi connectivity index (χ1v) is 8.10. The summed E-state index contributed by atoms with van der Waals surface area (Å²) in [6.07, 6.45) is 0. The maximum absolute atomic E-state index is 11.4. The van der Waals surface area contributed by atoms with Gasteiger partial charge in [-0.1, -0.05) is 17.7 Å². The van der Waals surface area contributed by atoms with E-state index in [-0.39, 0.29) is 11.5 Å². The van der Waals surface area contributed by atoms with Crippen LogP contribution in [0.5, 0.6) is 0 Å². The van der Waals surface area contributed by atoms with Crippen molar-refractivity contribution in [3.8, 4) is 0 Å². The molecule has 0 aromatic heterocycles. The van der Waals surface area contributed by atoms with Gasteiger partial charge in [0.1, 0.15) is 0 Å². The zero-order valence-corrected chi connectivity index (χ0v) is 11.9. The van der Waals surface area contributed by atoms with Crippen LogP contribution < -0.4 is 10.2 Å². The maximum atomic E-state index is 11.4. The second-order valence-electron chi connectivity index (χ2n) is 4.45. The van der Waals surface area contributed by atoms with Gasteiger partial charge in [0.05, 0.1) is 22.2 Å². The van der Waals surface area contributed by atoms with Crippen LogP contribution in [0.25, 0.3) is 0 Å². The number of benzene rings is 1. The molecule has 1 fully saturated rings. The highest BCUT2D eigenvalue weighted by atomic mass is 35.5. The zero-order chi connectivity index (χ0) is 13.2. The lowest BCUT2D eigenvalue weighted by Gasteiger charge is -2.29. The minimum Gasteiger partial charge on any atom is -0.368 e. The lowest BCUT2D eigenvalue weighted by Crippen LogP contribution is -2.40. The first-order valence-electron chi connectivity index (χ1n) is 5.90. The lowest BCUT2D eigenvalue weighted by atomic mass is 10.2. The average Bonchev–Trinajstić information content (AvgIpc) is 2.31. The van der Waals surface area contributed by atoms with Crippen molar-refractivity contribution < 1.29 is 8.42 Å². The van der Waals surface area contributed by atoms with Crippen molar-refractivity contribution in [3.63, 3.8) is 0 Å². The molecule has 1 aromatic carbocycles. The second kappa shape index (κ2) is 5.47. The number of rotatable bonds is 3. The molecule has 1 heterocycles. The quantitative estimate of drug-likeness (QED) is 0.911. The zero-order valence-electron chi connectivity index (χ0n) is 10.3. The van der Waals surface area contributed by atoms with Crippen LogP contribution in [0.2, 0.25) is 5.02 Å². The number of sulfone groups is 1. The second-order valence-corrected chi connectivity index (χ2v) is 7.17. The summed E-state index contributed by atoms with van der Waals surface area (Å²) in [5, 5.41) is 3.75. The van der Waals surface area contributed by atoms with Gasteiger partial charge in [0, 0.05) is 19.6 Å². The summed E-state index contributed by atoms with van der Waals surface area (Å²) in [5.74, 6) is 0.420. The number of hydrogen-bond acceptors (Lipinski definition) is 4. The van der Waals surface area contributed by atoms with E-state index in [0.717, 1.165) is 17.8 Å². The Morgan fingerprint density at radius 2 is 2.00 bits per heavy atom. The molecule has 6 heteroatoms. The maximum Gasteiger partial charge on any atom is 0.153 e. The monoisotopic (exact) mass is 288 g/mol. The Bertz CT molecular complexity index is 517. The Kier molecular flexibility index (Phi) is 4.14. The van der Waals surface area contributed by atoms with Crippen LogP contribution >= 0.6 is 11.6 Å². The first kappa shape index (κ1) is 13.6. The molecule has 1 aromatic rings. The Morgan fingerprint density at radius 1 is 1.33 bits per heavy atom. The Morgan fingerprint density at radius 3 is 2.56 bits per heavy atom. The highest BCUT2D eigenvalue weighted by Crippen LogP contribution is 2.28. The van der Waals surface area contributed by atoms with Crippen molar-refractivity contribution in [2.45, 2.75) is 6.54 Å². The summed E-state index contributed by atoms with van der Waals surface area (Å²) in [7, 11) is -0.962.